The number of para-hydroxylation sites is 1. The number of nitrogens with one attached hydrogen (secondary N) is 1. The molecule has 0 atom stereocenters. The molecule has 0 bridgehead atoms. The molecule has 0 radical (unpaired) electrons. The van der Waals surface area contributed by atoms with Crippen LogP contribution in [0.1, 0.15) is 0 Å². The Labute approximate surface area is 138 Å². The van der Waals surface area contributed by atoms with Crippen LogP contribution in [0.2, 0.25) is 0 Å². The minimum atomic E-state index is 0.504. The van der Waals surface area contributed by atoms with E-state index >= 15 is 0 Å². The fraction of sp³-hybridized carbons (Fsp3) is 0.0625. The molecule has 24 heavy (non-hydrogen) atoms. The van der Waals surface area contributed by atoms with Crippen LogP contribution in [0.3, 0.4) is 0 Å². The highest BCUT2D eigenvalue weighted by molar-refractivity contribution is 5.56. The van der Waals surface area contributed by atoms with Gasteiger partial charge in [0.1, 0.15) is 6.33 Å². The number of hydrogen-bond donors (Lipinski definition) is 1. The number of benzene rings is 1. The van der Waals surface area contributed by atoms with Crippen molar-refractivity contribution in [3.63, 3.8) is 0 Å². The van der Waals surface area contributed by atoms with Crippen LogP contribution >= 0.6 is 0 Å². The van der Waals surface area contributed by atoms with Crippen LogP contribution < -0.4 is 9.47 Å². The lowest BCUT2D eigenvalue weighted by Crippen LogP contribution is -2.32. The summed E-state index contributed by atoms with van der Waals surface area (Å²) >= 11 is 0. The fourth-order valence-electron chi connectivity index (χ4n) is 2.28. The number of aromatic amines is 1. The second kappa shape index (κ2) is 5.92. The van der Waals surface area contributed by atoms with Gasteiger partial charge in [-0.3, -0.25) is 9.55 Å². The summed E-state index contributed by atoms with van der Waals surface area (Å²) in [4.78, 5) is 22.6. The molecule has 4 aromatic rings. The maximum absolute atomic E-state index is 4.57. The molecule has 3 heterocycles. The molecule has 0 saturated heterocycles. The van der Waals surface area contributed by atoms with Gasteiger partial charge in [-0.1, -0.05) is 28.2 Å². The Balaban J connectivity index is 1.84. The van der Waals surface area contributed by atoms with E-state index in [0.717, 1.165) is 5.69 Å². The average Bonchev–Trinajstić information content (AvgIpc) is 3.35. The van der Waals surface area contributed by atoms with Gasteiger partial charge in [-0.05, 0) is 12.1 Å². The molecule has 0 aliphatic carbocycles. The number of H-pyrrole nitrogens is 1. The van der Waals surface area contributed by atoms with Crippen molar-refractivity contribution in [2.24, 2.45) is 0 Å². The van der Waals surface area contributed by atoms with Crippen molar-refractivity contribution in [3.05, 3.63) is 67.8 Å². The smallest absolute Gasteiger partial charge is 0.303 e. The molecule has 0 aliphatic rings. The van der Waals surface area contributed by atoms with Gasteiger partial charge in [0.15, 0.2) is 6.33 Å². The maximum atomic E-state index is 4.57. The lowest BCUT2D eigenvalue weighted by atomic mass is 10.3. The van der Waals surface area contributed by atoms with Gasteiger partial charge in [-0.15, -0.1) is 0 Å². The van der Waals surface area contributed by atoms with E-state index in [-0.39, 0.29) is 0 Å². The van der Waals surface area contributed by atoms with Crippen molar-refractivity contribution < 1.29 is 4.57 Å². The molecule has 118 valence electrons. The first-order valence-electron chi connectivity index (χ1n) is 7.39. The van der Waals surface area contributed by atoms with Crippen molar-refractivity contribution in [1.82, 2.24) is 29.5 Å². The number of nitrogens with zero attached hydrogens (tertiary/aromatic N) is 7. The molecule has 1 N–H and O–H groups in total. The first kappa shape index (κ1) is 14.1. The van der Waals surface area contributed by atoms with Crippen molar-refractivity contribution in [2.75, 3.05) is 11.9 Å². The molecule has 8 heteroatoms. The third kappa shape index (κ3) is 2.60. The summed E-state index contributed by atoms with van der Waals surface area (Å²) in [5, 5.41) is 0. The molecular formula is C16H15N8+. The number of rotatable bonds is 4. The quantitative estimate of drug-likeness (QED) is 0.576. The van der Waals surface area contributed by atoms with Gasteiger partial charge in [0.2, 0.25) is 0 Å². The van der Waals surface area contributed by atoms with E-state index in [1.54, 1.807) is 40.4 Å². The monoisotopic (exact) mass is 319 g/mol. The molecule has 0 fully saturated rings. The summed E-state index contributed by atoms with van der Waals surface area (Å²) in [5.74, 6) is 1.57. The normalized spacial score (nSPS) is 10.7. The van der Waals surface area contributed by atoms with Crippen LogP contribution in [0.5, 0.6) is 0 Å². The van der Waals surface area contributed by atoms with Gasteiger partial charge in [0, 0.05) is 25.1 Å². The van der Waals surface area contributed by atoms with E-state index in [1.807, 2.05) is 48.5 Å². The first-order chi connectivity index (χ1) is 11.8. The second-order valence-corrected chi connectivity index (χ2v) is 5.12. The van der Waals surface area contributed by atoms with Crippen LogP contribution in [-0.4, -0.2) is 36.5 Å². The summed E-state index contributed by atoms with van der Waals surface area (Å²) in [6, 6.07) is 9.94. The number of aromatic nitrogens is 7. The van der Waals surface area contributed by atoms with Gasteiger partial charge in [0.25, 0.3) is 11.9 Å². The highest BCUT2D eigenvalue weighted by atomic mass is 15.3. The zero-order valence-electron chi connectivity index (χ0n) is 13.0. The lowest BCUT2D eigenvalue weighted by Gasteiger charge is -2.15. The Morgan fingerprint density at radius 3 is 2.71 bits per heavy atom. The topological polar surface area (TPSA) is 79.4 Å². The highest BCUT2D eigenvalue weighted by Crippen LogP contribution is 2.20. The van der Waals surface area contributed by atoms with E-state index < -0.39 is 0 Å². The fourth-order valence-corrected chi connectivity index (χ4v) is 2.28. The molecule has 1 aromatic carbocycles. The van der Waals surface area contributed by atoms with E-state index in [0.29, 0.717) is 17.8 Å². The first-order valence-corrected chi connectivity index (χ1v) is 7.39. The summed E-state index contributed by atoms with van der Waals surface area (Å²) in [7, 11) is 1.92. The molecule has 0 saturated carbocycles. The summed E-state index contributed by atoms with van der Waals surface area (Å²) in [5.41, 5.74) is 0.991. The van der Waals surface area contributed by atoms with Gasteiger partial charge >= 0.3 is 5.95 Å². The Kier molecular flexibility index (Phi) is 3.47. The molecule has 4 rings (SSSR count). The van der Waals surface area contributed by atoms with Crippen molar-refractivity contribution in [3.8, 4) is 11.9 Å². The van der Waals surface area contributed by atoms with Gasteiger partial charge in [0.05, 0.1) is 12.4 Å². The van der Waals surface area contributed by atoms with E-state index in [1.165, 1.54) is 0 Å². The predicted octanol–water partition coefficient (Wildman–Crippen LogP) is 1.43. The number of hydrogen-bond acceptors (Lipinski definition) is 5. The van der Waals surface area contributed by atoms with E-state index in [9.17, 15) is 0 Å². The SMILES string of the molecule is CN(c1ccccc1)c1nc(-n2ccnc2)nc(-[n+]2cc[nH]c2)n1. The van der Waals surface area contributed by atoms with Crippen LogP contribution in [0.15, 0.2) is 67.8 Å². The molecule has 8 nitrogen and oxygen atoms in total. The molecular weight excluding hydrogens is 304 g/mol. The lowest BCUT2D eigenvalue weighted by molar-refractivity contribution is -0.602. The Bertz CT molecular complexity index is 864. The van der Waals surface area contributed by atoms with Gasteiger partial charge in [-0.2, -0.15) is 9.55 Å². The Morgan fingerprint density at radius 2 is 2.00 bits per heavy atom. The molecule has 0 spiro atoms. The predicted molar refractivity (Wildman–Crippen MR) is 87.3 cm³/mol. The van der Waals surface area contributed by atoms with Crippen molar-refractivity contribution in [1.29, 1.82) is 0 Å². The maximum Gasteiger partial charge on any atom is 0.396 e. The minimum absolute atomic E-state index is 0.504. The second-order valence-electron chi connectivity index (χ2n) is 5.12. The number of imidazole rings is 2. The zero-order chi connectivity index (χ0) is 16.4. The van der Waals surface area contributed by atoms with Gasteiger partial charge in [-0.25, -0.2) is 4.98 Å². The van der Waals surface area contributed by atoms with Gasteiger partial charge < -0.3 is 4.90 Å². The van der Waals surface area contributed by atoms with Crippen LogP contribution in [-0.2, 0) is 0 Å². The average molecular weight is 319 g/mol. The largest absolute Gasteiger partial charge is 0.396 e. The number of anilines is 2. The molecule has 3 aromatic heterocycles. The van der Waals surface area contributed by atoms with Crippen LogP contribution in [0.4, 0.5) is 11.6 Å². The van der Waals surface area contributed by atoms with Crippen molar-refractivity contribution >= 4 is 11.6 Å². The van der Waals surface area contributed by atoms with Crippen LogP contribution in [0, 0.1) is 0 Å². The zero-order valence-corrected chi connectivity index (χ0v) is 13.0. The van der Waals surface area contributed by atoms with E-state index in [4.69, 9.17) is 0 Å². The van der Waals surface area contributed by atoms with Crippen LogP contribution in [0.25, 0.3) is 11.9 Å². The molecule has 0 unspecified atom stereocenters. The summed E-state index contributed by atoms with van der Waals surface area (Å²) < 4.78 is 3.55. The minimum Gasteiger partial charge on any atom is -0.303 e. The third-order valence-electron chi connectivity index (χ3n) is 3.55. The molecule has 0 amide bonds. The Morgan fingerprint density at radius 1 is 1.12 bits per heavy atom. The third-order valence-corrected chi connectivity index (χ3v) is 3.55. The standard InChI is InChI=1S/C16H14N8/c1-22(13-5-3-2-4-6-13)14-19-15(23-9-7-17-11-23)21-16(20-14)24-10-8-18-12-24/h2-12H,1H3/p+1. The van der Waals surface area contributed by atoms with Crippen molar-refractivity contribution in [2.45, 2.75) is 0 Å². The molecule has 0 aliphatic heterocycles. The highest BCUT2D eigenvalue weighted by Gasteiger charge is 2.19. The summed E-state index contributed by atoms with van der Waals surface area (Å²) in [6.45, 7) is 0. The Hall–Kier alpha value is -3.55. The summed E-state index contributed by atoms with van der Waals surface area (Å²) in [6.07, 6.45) is 10.6. The van der Waals surface area contributed by atoms with E-state index in [2.05, 4.69) is 24.9 Å².